The van der Waals surface area contributed by atoms with Crippen LogP contribution in [0.3, 0.4) is 0 Å². The van der Waals surface area contributed by atoms with Crippen LogP contribution in [0.5, 0.6) is 0 Å². The van der Waals surface area contributed by atoms with Crippen LogP contribution in [0, 0.1) is 5.92 Å². The molecular weight excluding hydrogens is 127 g/mol. The van der Waals surface area contributed by atoms with Crippen LogP contribution in [0.1, 0.15) is 26.7 Å². The molecule has 1 aliphatic carbocycles. The van der Waals surface area contributed by atoms with Crippen LogP contribution < -0.4 is 0 Å². The van der Waals surface area contributed by atoms with Crippen molar-refractivity contribution in [3.8, 4) is 0 Å². The molecule has 0 radical (unpaired) electrons. The van der Waals surface area contributed by atoms with Crippen molar-refractivity contribution >= 4 is 0 Å². The van der Waals surface area contributed by atoms with E-state index >= 15 is 0 Å². The molecular formula is C9H13F. The zero-order chi connectivity index (χ0) is 7.72. The topological polar surface area (TPSA) is 0 Å². The van der Waals surface area contributed by atoms with Gasteiger partial charge >= 0.3 is 0 Å². The Bertz CT molecular complexity index is 185. The SMILES string of the molecule is C=C(C)/C(F)=C(\C)C1CC1. The van der Waals surface area contributed by atoms with Gasteiger partial charge in [-0.15, -0.1) is 0 Å². The van der Waals surface area contributed by atoms with Crippen molar-refractivity contribution < 1.29 is 4.39 Å². The Labute approximate surface area is 61.4 Å². The maximum absolute atomic E-state index is 13.0. The first-order valence-electron chi connectivity index (χ1n) is 3.65. The van der Waals surface area contributed by atoms with Gasteiger partial charge in [0, 0.05) is 0 Å². The van der Waals surface area contributed by atoms with E-state index in [2.05, 4.69) is 6.58 Å². The van der Waals surface area contributed by atoms with Crippen molar-refractivity contribution in [2.75, 3.05) is 0 Å². The smallest absolute Gasteiger partial charge is 0.124 e. The lowest BCUT2D eigenvalue weighted by Crippen LogP contribution is -1.85. The largest absolute Gasteiger partial charge is 0.207 e. The Morgan fingerprint density at radius 3 is 2.20 bits per heavy atom. The van der Waals surface area contributed by atoms with E-state index in [1.165, 1.54) is 0 Å². The molecule has 0 bridgehead atoms. The molecule has 1 heteroatoms. The summed E-state index contributed by atoms with van der Waals surface area (Å²) in [5, 5.41) is 0. The molecule has 0 unspecified atom stereocenters. The summed E-state index contributed by atoms with van der Waals surface area (Å²) in [7, 11) is 0. The molecule has 1 fully saturated rings. The van der Waals surface area contributed by atoms with Crippen molar-refractivity contribution in [2.24, 2.45) is 5.92 Å². The minimum atomic E-state index is -0.0810. The fourth-order valence-corrected chi connectivity index (χ4v) is 1.03. The molecule has 0 aromatic carbocycles. The van der Waals surface area contributed by atoms with Gasteiger partial charge < -0.3 is 0 Å². The summed E-state index contributed by atoms with van der Waals surface area (Å²) >= 11 is 0. The molecule has 0 aliphatic heterocycles. The van der Waals surface area contributed by atoms with Crippen molar-refractivity contribution in [3.63, 3.8) is 0 Å². The van der Waals surface area contributed by atoms with Crippen LogP contribution in [-0.2, 0) is 0 Å². The number of hydrogen-bond acceptors (Lipinski definition) is 0. The molecule has 1 aliphatic rings. The molecule has 1 saturated carbocycles. The van der Waals surface area contributed by atoms with Gasteiger partial charge in [-0.2, -0.15) is 0 Å². The van der Waals surface area contributed by atoms with E-state index in [0.29, 0.717) is 11.5 Å². The number of hydrogen-bond donors (Lipinski definition) is 0. The van der Waals surface area contributed by atoms with Crippen molar-refractivity contribution in [3.05, 3.63) is 23.6 Å². The number of allylic oxidation sites excluding steroid dienone is 3. The molecule has 0 aromatic heterocycles. The summed E-state index contributed by atoms with van der Waals surface area (Å²) in [4.78, 5) is 0. The first-order chi connectivity index (χ1) is 4.63. The molecule has 0 saturated heterocycles. The average Bonchev–Trinajstić information content (AvgIpc) is 2.65. The lowest BCUT2D eigenvalue weighted by Gasteiger charge is -2.00. The van der Waals surface area contributed by atoms with Crippen LogP contribution in [0.2, 0.25) is 0 Å². The van der Waals surface area contributed by atoms with Crippen LogP contribution in [-0.4, -0.2) is 0 Å². The highest BCUT2D eigenvalue weighted by Gasteiger charge is 2.25. The summed E-state index contributed by atoms with van der Waals surface area (Å²) in [6, 6.07) is 0. The molecule has 0 nitrogen and oxygen atoms in total. The first-order valence-corrected chi connectivity index (χ1v) is 3.65. The summed E-state index contributed by atoms with van der Waals surface area (Å²) in [6.45, 7) is 7.13. The van der Waals surface area contributed by atoms with Gasteiger partial charge in [0.25, 0.3) is 0 Å². The molecule has 56 valence electrons. The van der Waals surface area contributed by atoms with Crippen LogP contribution in [0.25, 0.3) is 0 Å². The predicted molar refractivity (Wildman–Crippen MR) is 41.3 cm³/mol. The van der Waals surface area contributed by atoms with Gasteiger partial charge in [-0.1, -0.05) is 6.58 Å². The zero-order valence-corrected chi connectivity index (χ0v) is 6.58. The second-order valence-electron chi connectivity index (χ2n) is 3.05. The Kier molecular flexibility index (Phi) is 1.93. The van der Waals surface area contributed by atoms with Crippen LogP contribution >= 0.6 is 0 Å². The van der Waals surface area contributed by atoms with Crippen LogP contribution in [0.15, 0.2) is 23.6 Å². The van der Waals surface area contributed by atoms with Gasteiger partial charge in [-0.05, 0) is 43.8 Å². The third-order valence-corrected chi connectivity index (χ3v) is 1.91. The van der Waals surface area contributed by atoms with Crippen LogP contribution in [0.4, 0.5) is 4.39 Å². The van der Waals surface area contributed by atoms with Gasteiger partial charge in [0.2, 0.25) is 0 Å². The molecule has 0 N–H and O–H groups in total. The van der Waals surface area contributed by atoms with E-state index in [0.717, 1.165) is 18.4 Å². The van der Waals surface area contributed by atoms with E-state index in [4.69, 9.17) is 0 Å². The monoisotopic (exact) mass is 140 g/mol. The van der Waals surface area contributed by atoms with E-state index in [1.54, 1.807) is 6.92 Å². The summed E-state index contributed by atoms with van der Waals surface area (Å²) in [5.41, 5.74) is 1.46. The second kappa shape index (κ2) is 2.57. The van der Waals surface area contributed by atoms with Gasteiger partial charge in [-0.3, -0.25) is 0 Å². The lowest BCUT2D eigenvalue weighted by molar-refractivity contribution is 0.628. The van der Waals surface area contributed by atoms with Gasteiger partial charge in [-0.25, -0.2) is 4.39 Å². The van der Waals surface area contributed by atoms with Crippen molar-refractivity contribution in [1.82, 2.24) is 0 Å². The first kappa shape index (κ1) is 7.52. The Hall–Kier alpha value is -0.590. The predicted octanol–water partition coefficient (Wildman–Crippen LogP) is 3.22. The summed E-state index contributed by atoms with van der Waals surface area (Å²) in [6.07, 6.45) is 2.32. The second-order valence-corrected chi connectivity index (χ2v) is 3.05. The third-order valence-electron chi connectivity index (χ3n) is 1.91. The highest BCUT2D eigenvalue weighted by molar-refractivity contribution is 5.27. The highest BCUT2D eigenvalue weighted by atomic mass is 19.1. The van der Waals surface area contributed by atoms with E-state index in [-0.39, 0.29) is 5.83 Å². The molecule has 0 atom stereocenters. The minimum absolute atomic E-state index is 0.0810. The van der Waals surface area contributed by atoms with Gasteiger partial charge in [0.05, 0.1) is 0 Å². The lowest BCUT2D eigenvalue weighted by atomic mass is 10.1. The Morgan fingerprint density at radius 1 is 1.40 bits per heavy atom. The molecule has 0 amide bonds. The molecule has 0 spiro atoms. The quantitative estimate of drug-likeness (QED) is 0.516. The highest BCUT2D eigenvalue weighted by Crippen LogP contribution is 2.38. The average molecular weight is 140 g/mol. The normalized spacial score (nSPS) is 20.3. The summed E-state index contributed by atoms with van der Waals surface area (Å²) < 4.78 is 13.0. The molecule has 10 heavy (non-hydrogen) atoms. The van der Waals surface area contributed by atoms with Crippen molar-refractivity contribution in [2.45, 2.75) is 26.7 Å². The van der Waals surface area contributed by atoms with Gasteiger partial charge in [0.15, 0.2) is 0 Å². The summed E-state index contributed by atoms with van der Waals surface area (Å²) in [5.74, 6) is 0.444. The third kappa shape index (κ3) is 1.47. The standard InChI is InChI=1S/C9H13F/c1-6(2)9(10)7(3)8-4-5-8/h8H,1,4-5H2,2-3H3/b9-7-. The molecule has 1 rings (SSSR count). The zero-order valence-electron chi connectivity index (χ0n) is 6.58. The Morgan fingerprint density at radius 2 is 1.90 bits per heavy atom. The van der Waals surface area contributed by atoms with E-state index in [1.807, 2.05) is 6.92 Å². The van der Waals surface area contributed by atoms with E-state index in [9.17, 15) is 4.39 Å². The van der Waals surface area contributed by atoms with Crippen molar-refractivity contribution in [1.29, 1.82) is 0 Å². The van der Waals surface area contributed by atoms with Gasteiger partial charge in [0.1, 0.15) is 5.83 Å². The molecule has 0 heterocycles. The Balaban J connectivity index is 2.71. The maximum atomic E-state index is 13.0. The van der Waals surface area contributed by atoms with E-state index < -0.39 is 0 Å². The maximum Gasteiger partial charge on any atom is 0.124 e. The fraction of sp³-hybridized carbons (Fsp3) is 0.556. The molecule has 0 aromatic rings. The number of halogens is 1. The minimum Gasteiger partial charge on any atom is -0.207 e. The number of rotatable bonds is 2. The fourth-order valence-electron chi connectivity index (χ4n) is 1.03.